The van der Waals surface area contributed by atoms with Crippen molar-refractivity contribution in [2.24, 2.45) is 0 Å². The smallest absolute Gasteiger partial charge is 0.234 e. The topological polar surface area (TPSA) is 56.3 Å². The van der Waals surface area contributed by atoms with Gasteiger partial charge in [-0.1, -0.05) is 0 Å². The molecule has 0 fully saturated rings. The summed E-state index contributed by atoms with van der Waals surface area (Å²) < 4.78 is 10.4. The van der Waals surface area contributed by atoms with E-state index < -0.39 is 0 Å². The van der Waals surface area contributed by atoms with Crippen LogP contribution in [0.3, 0.4) is 0 Å². The van der Waals surface area contributed by atoms with Gasteiger partial charge in [0.15, 0.2) is 0 Å². The summed E-state index contributed by atoms with van der Waals surface area (Å²) in [4.78, 5) is 8.14. The average molecular weight is 197 g/mol. The molecule has 0 amide bonds. The fourth-order valence-corrected chi connectivity index (χ4v) is 1.00. The van der Waals surface area contributed by atoms with Gasteiger partial charge < -0.3 is 14.8 Å². The summed E-state index contributed by atoms with van der Waals surface area (Å²) in [7, 11) is 3.42. The third kappa shape index (κ3) is 3.18. The molecule has 1 heterocycles. The molecule has 0 saturated heterocycles. The van der Waals surface area contributed by atoms with Crippen LogP contribution in [0.4, 0.5) is 5.82 Å². The van der Waals surface area contributed by atoms with Crippen molar-refractivity contribution in [2.45, 2.75) is 13.0 Å². The molecule has 0 radical (unpaired) electrons. The van der Waals surface area contributed by atoms with Gasteiger partial charge in [-0.2, -0.15) is 4.98 Å². The maximum atomic E-state index is 5.46. The Balaban J connectivity index is 2.57. The molecule has 1 aromatic rings. The molecule has 1 atom stereocenters. The van der Waals surface area contributed by atoms with E-state index in [1.165, 1.54) is 0 Å². The minimum absolute atomic E-state index is 0.0265. The Labute approximate surface area is 83.5 Å². The van der Waals surface area contributed by atoms with Gasteiger partial charge in [-0.25, -0.2) is 0 Å². The minimum atomic E-state index is -0.0265. The van der Waals surface area contributed by atoms with Crippen molar-refractivity contribution in [1.29, 1.82) is 0 Å². The first-order valence-electron chi connectivity index (χ1n) is 4.41. The van der Waals surface area contributed by atoms with Gasteiger partial charge in [0.25, 0.3) is 0 Å². The second kappa shape index (κ2) is 5.39. The number of methoxy groups -OCH3 is 1. The van der Waals surface area contributed by atoms with Crippen molar-refractivity contribution >= 4 is 5.82 Å². The monoisotopic (exact) mass is 197 g/mol. The Kier molecular flexibility index (Phi) is 4.12. The lowest BCUT2D eigenvalue weighted by Crippen LogP contribution is -2.18. The quantitative estimate of drug-likeness (QED) is 0.761. The van der Waals surface area contributed by atoms with Gasteiger partial charge in [0, 0.05) is 14.2 Å². The van der Waals surface area contributed by atoms with Crippen LogP contribution in [0.2, 0.25) is 0 Å². The molecule has 5 heteroatoms. The Morgan fingerprint density at radius 1 is 1.50 bits per heavy atom. The van der Waals surface area contributed by atoms with Crippen LogP contribution in [0, 0.1) is 0 Å². The highest BCUT2D eigenvalue weighted by Crippen LogP contribution is 2.09. The Bertz CT molecular complexity index is 281. The van der Waals surface area contributed by atoms with Gasteiger partial charge in [-0.05, 0) is 6.92 Å². The number of hydrogen-bond acceptors (Lipinski definition) is 5. The molecule has 0 aliphatic rings. The maximum Gasteiger partial charge on any atom is 0.234 e. The zero-order valence-corrected chi connectivity index (χ0v) is 8.65. The number of aromatic nitrogens is 2. The summed E-state index contributed by atoms with van der Waals surface area (Å²) in [5.41, 5.74) is 0. The summed E-state index contributed by atoms with van der Waals surface area (Å²) >= 11 is 0. The van der Waals surface area contributed by atoms with Crippen LogP contribution >= 0.6 is 0 Å². The van der Waals surface area contributed by atoms with E-state index in [1.807, 2.05) is 6.92 Å². The van der Waals surface area contributed by atoms with Crippen molar-refractivity contribution in [2.75, 3.05) is 26.1 Å². The molecule has 0 aliphatic carbocycles. The van der Waals surface area contributed by atoms with Gasteiger partial charge in [0.05, 0.1) is 19.0 Å². The molecule has 0 bridgehead atoms. The van der Waals surface area contributed by atoms with Crippen LogP contribution in [0.25, 0.3) is 0 Å². The Morgan fingerprint density at radius 3 is 2.93 bits per heavy atom. The molecular weight excluding hydrogens is 182 g/mol. The van der Waals surface area contributed by atoms with Crippen LogP contribution in [0.15, 0.2) is 12.4 Å². The summed E-state index contributed by atoms with van der Waals surface area (Å²) in [6.07, 6.45) is 3.18. The van der Waals surface area contributed by atoms with Crippen LogP contribution in [0.5, 0.6) is 5.88 Å². The van der Waals surface area contributed by atoms with Crippen LogP contribution in [-0.4, -0.2) is 36.8 Å². The predicted molar refractivity (Wildman–Crippen MR) is 53.5 cm³/mol. The molecule has 0 aromatic carbocycles. The predicted octanol–water partition coefficient (Wildman–Crippen LogP) is 0.932. The van der Waals surface area contributed by atoms with Gasteiger partial charge in [0.1, 0.15) is 11.9 Å². The molecular formula is C9H15N3O2. The Morgan fingerprint density at radius 2 is 2.29 bits per heavy atom. The fraction of sp³-hybridized carbons (Fsp3) is 0.556. The lowest BCUT2D eigenvalue weighted by atomic mass is 10.4. The SMILES string of the molecule is CNc1cncc(OC(C)COC)n1. The molecule has 0 spiro atoms. The van der Waals surface area contributed by atoms with Gasteiger partial charge >= 0.3 is 0 Å². The van der Waals surface area contributed by atoms with Crippen LogP contribution < -0.4 is 10.1 Å². The summed E-state index contributed by atoms with van der Waals surface area (Å²) in [5, 5.41) is 2.89. The lowest BCUT2D eigenvalue weighted by molar-refractivity contribution is 0.0888. The van der Waals surface area contributed by atoms with E-state index >= 15 is 0 Å². The second-order valence-corrected chi connectivity index (χ2v) is 2.88. The minimum Gasteiger partial charge on any atom is -0.471 e. The van der Waals surface area contributed by atoms with E-state index in [0.717, 1.165) is 0 Å². The summed E-state index contributed by atoms with van der Waals surface area (Å²) in [6.45, 7) is 2.45. The number of hydrogen-bond donors (Lipinski definition) is 1. The zero-order valence-electron chi connectivity index (χ0n) is 8.65. The van der Waals surface area contributed by atoms with Gasteiger partial charge in [0.2, 0.25) is 5.88 Å². The van der Waals surface area contributed by atoms with E-state index in [0.29, 0.717) is 18.3 Å². The molecule has 78 valence electrons. The molecule has 1 aromatic heterocycles. The first-order valence-corrected chi connectivity index (χ1v) is 4.41. The van der Waals surface area contributed by atoms with E-state index in [2.05, 4.69) is 15.3 Å². The third-order valence-corrected chi connectivity index (χ3v) is 1.59. The van der Waals surface area contributed by atoms with E-state index in [4.69, 9.17) is 9.47 Å². The molecule has 0 saturated carbocycles. The van der Waals surface area contributed by atoms with Crippen molar-refractivity contribution in [1.82, 2.24) is 9.97 Å². The summed E-state index contributed by atoms with van der Waals surface area (Å²) in [6, 6.07) is 0. The third-order valence-electron chi connectivity index (χ3n) is 1.59. The number of ether oxygens (including phenoxy) is 2. The van der Waals surface area contributed by atoms with Gasteiger partial charge in [-0.3, -0.25) is 4.98 Å². The number of nitrogens with zero attached hydrogens (tertiary/aromatic N) is 2. The van der Waals surface area contributed by atoms with E-state index in [1.54, 1.807) is 26.6 Å². The highest BCUT2D eigenvalue weighted by molar-refractivity contribution is 5.31. The molecule has 1 rings (SSSR count). The molecule has 5 nitrogen and oxygen atoms in total. The maximum absolute atomic E-state index is 5.46. The van der Waals surface area contributed by atoms with Crippen molar-refractivity contribution in [3.63, 3.8) is 0 Å². The first-order chi connectivity index (χ1) is 6.76. The fourth-order valence-electron chi connectivity index (χ4n) is 1.00. The molecule has 0 aliphatic heterocycles. The molecule has 1 unspecified atom stereocenters. The van der Waals surface area contributed by atoms with Crippen molar-refractivity contribution in [3.8, 4) is 5.88 Å². The largest absolute Gasteiger partial charge is 0.471 e. The lowest BCUT2D eigenvalue weighted by Gasteiger charge is -2.12. The highest BCUT2D eigenvalue weighted by atomic mass is 16.5. The first kappa shape index (κ1) is 10.7. The van der Waals surface area contributed by atoms with E-state index in [9.17, 15) is 0 Å². The summed E-state index contributed by atoms with van der Waals surface area (Å²) in [5.74, 6) is 1.19. The normalized spacial score (nSPS) is 12.2. The van der Waals surface area contributed by atoms with E-state index in [-0.39, 0.29) is 6.10 Å². The van der Waals surface area contributed by atoms with Gasteiger partial charge in [-0.15, -0.1) is 0 Å². The van der Waals surface area contributed by atoms with Crippen LogP contribution in [0.1, 0.15) is 6.92 Å². The molecule has 1 N–H and O–H groups in total. The number of nitrogens with one attached hydrogen (secondary N) is 1. The highest BCUT2D eigenvalue weighted by Gasteiger charge is 2.04. The van der Waals surface area contributed by atoms with Crippen molar-refractivity contribution in [3.05, 3.63) is 12.4 Å². The Hall–Kier alpha value is -1.36. The average Bonchev–Trinajstić information content (AvgIpc) is 2.18. The molecule has 14 heavy (non-hydrogen) atoms. The van der Waals surface area contributed by atoms with Crippen molar-refractivity contribution < 1.29 is 9.47 Å². The van der Waals surface area contributed by atoms with Crippen LogP contribution in [-0.2, 0) is 4.74 Å². The zero-order chi connectivity index (χ0) is 10.4. The number of anilines is 1. The number of rotatable bonds is 5. The second-order valence-electron chi connectivity index (χ2n) is 2.88. The standard InChI is InChI=1S/C9H15N3O2/c1-7(6-13-3)14-9-5-11-4-8(10-2)12-9/h4-5,7H,6H2,1-3H3,(H,10,12).